The average Bonchev–Trinajstić information content (AvgIpc) is 2.48. The molecule has 1 heterocycles. The van der Waals surface area contributed by atoms with Gasteiger partial charge in [-0.3, -0.25) is 0 Å². The van der Waals surface area contributed by atoms with Gasteiger partial charge in [0, 0.05) is 26.7 Å². The lowest BCUT2D eigenvalue weighted by atomic mass is 10.1. The summed E-state index contributed by atoms with van der Waals surface area (Å²) in [5, 5.41) is 0. The second-order valence-corrected chi connectivity index (χ2v) is 7.15. The van der Waals surface area contributed by atoms with E-state index in [0.29, 0.717) is 26.2 Å². The van der Waals surface area contributed by atoms with Crippen LogP contribution in [0.2, 0.25) is 0 Å². The monoisotopic (exact) mass is 310 g/mol. The van der Waals surface area contributed by atoms with E-state index in [-0.39, 0.29) is 5.75 Å². The topological polar surface area (TPSA) is 72.6 Å². The lowest BCUT2D eigenvalue weighted by Gasteiger charge is -2.25. The maximum absolute atomic E-state index is 12.4. The van der Waals surface area contributed by atoms with Crippen LogP contribution in [0.5, 0.6) is 0 Å². The minimum atomic E-state index is -3.28. The lowest BCUT2D eigenvalue weighted by Crippen LogP contribution is -2.36. The molecule has 0 radical (unpaired) electrons. The Morgan fingerprint density at radius 1 is 1.24 bits per heavy atom. The van der Waals surface area contributed by atoms with E-state index in [1.807, 2.05) is 30.3 Å². The van der Waals surface area contributed by atoms with Crippen molar-refractivity contribution in [2.24, 2.45) is 5.73 Å². The molecule has 1 aliphatic heterocycles. The zero-order chi connectivity index (χ0) is 15.3. The summed E-state index contributed by atoms with van der Waals surface area (Å²) < 4.78 is 31.4. The van der Waals surface area contributed by atoms with Gasteiger partial charge in [-0.05, 0) is 23.1 Å². The van der Waals surface area contributed by atoms with Gasteiger partial charge in [0.2, 0.25) is 10.0 Å². The molecular formula is C15H22N2O3S. The molecule has 6 heteroatoms. The van der Waals surface area contributed by atoms with Crippen molar-refractivity contribution < 1.29 is 13.2 Å². The third-order valence-corrected chi connectivity index (χ3v) is 5.41. The largest absolute Gasteiger partial charge is 0.380 e. The zero-order valence-corrected chi connectivity index (χ0v) is 13.1. The number of nitrogens with two attached hydrogens (primary N) is 1. The molecule has 0 aromatic heterocycles. The van der Waals surface area contributed by atoms with Gasteiger partial charge in [0.05, 0.1) is 12.4 Å². The van der Waals surface area contributed by atoms with E-state index >= 15 is 0 Å². The fraction of sp³-hybridized carbons (Fsp3) is 0.467. The number of nitrogens with zero attached hydrogens (tertiary/aromatic N) is 1. The molecular weight excluding hydrogens is 288 g/mol. The average molecular weight is 310 g/mol. The van der Waals surface area contributed by atoms with Gasteiger partial charge in [0.25, 0.3) is 0 Å². The standard InChI is InChI=1S/C15H22N2O3S/c1-20-11-14-6-8-17(9-7-14)21(18,19)12-15-4-2-13(10-16)3-5-15/h2-6H,7-12,16H2,1H3. The van der Waals surface area contributed by atoms with Crippen molar-refractivity contribution in [3.63, 3.8) is 0 Å². The van der Waals surface area contributed by atoms with Crippen LogP contribution in [0.25, 0.3) is 0 Å². The second-order valence-electron chi connectivity index (χ2n) is 5.18. The van der Waals surface area contributed by atoms with Gasteiger partial charge in [-0.2, -0.15) is 4.31 Å². The minimum absolute atomic E-state index is 0.0330. The molecule has 0 unspecified atom stereocenters. The summed E-state index contributed by atoms with van der Waals surface area (Å²) in [7, 11) is -1.63. The predicted molar refractivity (Wildman–Crippen MR) is 83.1 cm³/mol. The SMILES string of the molecule is COCC1=CCN(S(=O)(=O)Cc2ccc(CN)cc2)CC1. The molecule has 5 nitrogen and oxygen atoms in total. The van der Waals surface area contributed by atoms with Gasteiger partial charge in [-0.25, -0.2) is 8.42 Å². The Hall–Kier alpha value is -1.21. The number of hydrogen-bond donors (Lipinski definition) is 1. The van der Waals surface area contributed by atoms with Crippen molar-refractivity contribution in [1.29, 1.82) is 0 Å². The molecule has 1 aliphatic rings. The number of hydrogen-bond acceptors (Lipinski definition) is 4. The van der Waals surface area contributed by atoms with E-state index in [4.69, 9.17) is 10.5 Å². The van der Waals surface area contributed by atoms with Crippen molar-refractivity contribution in [2.75, 3.05) is 26.8 Å². The summed E-state index contributed by atoms with van der Waals surface area (Å²) in [5.74, 6) is 0.0330. The third kappa shape index (κ3) is 4.38. The molecule has 0 bridgehead atoms. The van der Waals surface area contributed by atoms with Gasteiger partial charge >= 0.3 is 0 Å². The fourth-order valence-electron chi connectivity index (χ4n) is 2.34. The van der Waals surface area contributed by atoms with Crippen LogP contribution >= 0.6 is 0 Å². The first-order chi connectivity index (χ1) is 10.0. The molecule has 0 amide bonds. The first kappa shape index (κ1) is 16.2. The number of benzene rings is 1. The number of ether oxygens (including phenoxy) is 1. The maximum Gasteiger partial charge on any atom is 0.218 e. The van der Waals surface area contributed by atoms with E-state index < -0.39 is 10.0 Å². The van der Waals surface area contributed by atoms with Crippen molar-refractivity contribution in [2.45, 2.75) is 18.7 Å². The van der Waals surface area contributed by atoms with Crippen LogP contribution < -0.4 is 5.73 Å². The number of methoxy groups -OCH3 is 1. The van der Waals surface area contributed by atoms with E-state index in [1.165, 1.54) is 4.31 Å². The van der Waals surface area contributed by atoms with Crippen LogP contribution in [0.15, 0.2) is 35.9 Å². The molecule has 1 aromatic rings. The highest BCUT2D eigenvalue weighted by atomic mass is 32.2. The molecule has 0 fully saturated rings. The molecule has 116 valence electrons. The molecule has 1 aromatic carbocycles. The van der Waals surface area contributed by atoms with Crippen LogP contribution in [0.1, 0.15) is 17.5 Å². The lowest BCUT2D eigenvalue weighted by molar-refractivity contribution is 0.219. The van der Waals surface area contributed by atoms with Crippen LogP contribution in [0.3, 0.4) is 0 Å². The molecule has 0 spiro atoms. The molecule has 0 aliphatic carbocycles. The Morgan fingerprint density at radius 2 is 1.90 bits per heavy atom. The second kappa shape index (κ2) is 7.17. The Balaban J connectivity index is 2.02. The van der Waals surface area contributed by atoms with E-state index in [2.05, 4.69) is 0 Å². The van der Waals surface area contributed by atoms with Crippen molar-refractivity contribution >= 4 is 10.0 Å². The highest BCUT2D eigenvalue weighted by Gasteiger charge is 2.24. The zero-order valence-electron chi connectivity index (χ0n) is 12.3. The van der Waals surface area contributed by atoms with Crippen molar-refractivity contribution in [3.05, 3.63) is 47.0 Å². The Morgan fingerprint density at radius 3 is 2.43 bits per heavy atom. The molecule has 21 heavy (non-hydrogen) atoms. The maximum atomic E-state index is 12.4. The van der Waals surface area contributed by atoms with Crippen LogP contribution in [0.4, 0.5) is 0 Å². The Labute approximate surface area is 126 Å². The van der Waals surface area contributed by atoms with Crippen LogP contribution in [0, 0.1) is 0 Å². The van der Waals surface area contributed by atoms with Gasteiger partial charge in [0.1, 0.15) is 0 Å². The van der Waals surface area contributed by atoms with E-state index in [1.54, 1.807) is 7.11 Å². The fourth-order valence-corrected chi connectivity index (χ4v) is 3.80. The predicted octanol–water partition coefficient (Wildman–Crippen LogP) is 1.25. The summed E-state index contributed by atoms with van der Waals surface area (Å²) in [6, 6.07) is 7.40. The normalized spacial score (nSPS) is 16.8. The quantitative estimate of drug-likeness (QED) is 0.803. The summed E-state index contributed by atoms with van der Waals surface area (Å²) in [6.07, 6.45) is 2.68. The van der Waals surface area contributed by atoms with Gasteiger partial charge in [-0.1, -0.05) is 30.3 Å². The van der Waals surface area contributed by atoms with E-state index in [0.717, 1.165) is 23.1 Å². The summed E-state index contributed by atoms with van der Waals surface area (Å²) >= 11 is 0. The summed E-state index contributed by atoms with van der Waals surface area (Å²) in [4.78, 5) is 0. The van der Waals surface area contributed by atoms with Crippen LogP contribution in [-0.2, 0) is 27.1 Å². The van der Waals surface area contributed by atoms with Gasteiger partial charge in [0.15, 0.2) is 0 Å². The van der Waals surface area contributed by atoms with E-state index in [9.17, 15) is 8.42 Å². The first-order valence-electron chi connectivity index (χ1n) is 6.97. The smallest absolute Gasteiger partial charge is 0.218 e. The highest BCUT2D eigenvalue weighted by molar-refractivity contribution is 7.88. The van der Waals surface area contributed by atoms with Crippen molar-refractivity contribution in [3.8, 4) is 0 Å². The molecule has 2 N–H and O–H groups in total. The van der Waals surface area contributed by atoms with Gasteiger partial charge < -0.3 is 10.5 Å². The molecule has 0 saturated heterocycles. The number of rotatable bonds is 6. The third-order valence-electron chi connectivity index (χ3n) is 3.60. The molecule has 0 saturated carbocycles. The number of sulfonamides is 1. The first-order valence-corrected chi connectivity index (χ1v) is 8.58. The Bertz CT molecular complexity index is 594. The minimum Gasteiger partial charge on any atom is -0.380 e. The molecule has 2 rings (SSSR count). The van der Waals surface area contributed by atoms with Gasteiger partial charge in [-0.15, -0.1) is 0 Å². The van der Waals surface area contributed by atoms with Crippen molar-refractivity contribution in [1.82, 2.24) is 4.31 Å². The molecule has 0 atom stereocenters. The summed E-state index contributed by atoms with van der Waals surface area (Å²) in [5.41, 5.74) is 8.49. The van der Waals surface area contributed by atoms with Crippen LogP contribution in [-0.4, -0.2) is 39.5 Å². The Kier molecular flexibility index (Phi) is 5.52. The summed E-state index contributed by atoms with van der Waals surface area (Å²) in [6.45, 7) is 2.00. The highest BCUT2D eigenvalue weighted by Crippen LogP contribution is 2.18.